The van der Waals surface area contributed by atoms with E-state index < -0.39 is 11.6 Å². The smallest absolute Gasteiger partial charge is 0.233 e. The van der Waals surface area contributed by atoms with Gasteiger partial charge in [0.2, 0.25) is 11.6 Å². The van der Waals surface area contributed by atoms with Gasteiger partial charge in [0.1, 0.15) is 11.5 Å². The van der Waals surface area contributed by atoms with Crippen LogP contribution in [0.4, 0.5) is 0 Å². The van der Waals surface area contributed by atoms with Crippen LogP contribution in [0.25, 0.3) is 0 Å². The average molecular weight is 383 g/mol. The molecule has 0 atom stereocenters. The maximum atomic E-state index is 12.5. The molecule has 2 rings (SSSR count). The van der Waals surface area contributed by atoms with Crippen LogP contribution >= 0.6 is 0 Å². The van der Waals surface area contributed by atoms with E-state index in [9.17, 15) is 9.59 Å². The van der Waals surface area contributed by atoms with Gasteiger partial charge in [-0.3, -0.25) is 9.59 Å². The Hall–Kier alpha value is -2.62. The Morgan fingerprint density at radius 2 is 0.964 bits per heavy atom. The third-order valence-electron chi connectivity index (χ3n) is 4.37. The fraction of sp³-hybridized carbons (Fsp3) is 0.417. The molecule has 0 spiro atoms. The zero-order valence-corrected chi connectivity index (χ0v) is 17.2. The fourth-order valence-electron chi connectivity index (χ4n) is 2.49. The van der Waals surface area contributed by atoms with E-state index in [0.717, 1.165) is 12.8 Å². The molecule has 0 aliphatic rings. The second-order valence-electron chi connectivity index (χ2n) is 7.77. The van der Waals surface area contributed by atoms with Gasteiger partial charge in [-0.15, -0.1) is 0 Å². The van der Waals surface area contributed by atoms with E-state index in [4.69, 9.17) is 9.47 Å². The number of hydrogen-bond acceptors (Lipinski definition) is 4. The molecule has 2 aromatic rings. The van der Waals surface area contributed by atoms with Gasteiger partial charge in [0.25, 0.3) is 0 Å². The fourth-order valence-corrected chi connectivity index (χ4v) is 2.49. The number of hydrogen-bond donors (Lipinski definition) is 0. The third-order valence-corrected chi connectivity index (χ3v) is 4.37. The molecule has 0 bridgehead atoms. The Labute approximate surface area is 167 Å². The van der Waals surface area contributed by atoms with Crippen LogP contribution in [0, 0.1) is 11.8 Å². The van der Waals surface area contributed by atoms with Gasteiger partial charge in [0, 0.05) is 11.1 Å². The summed E-state index contributed by atoms with van der Waals surface area (Å²) in [5.41, 5.74) is 0.719. The minimum Gasteiger partial charge on any atom is -0.494 e. The molecular formula is C24H30O4. The number of rotatable bonds is 11. The highest BCUT2D eigenvalue weighted by Gasteiger charge is 2.18. The first-order chi connectivity index (χ1) is 13.4. The second-order valence-corrected chi connectivity index (χ2v) is 7.77. The van der Waals surface area contributed by atoms with Crippen molar-refractivity contribution in [1.82, 2.24) is 0 Å². The van der Waals surface area contributed by atoms with E-state index in [1.165, 1.54) is 0 Å². The van der Waals surface area contributed by atoms with Gasteiger partial charge in [-0.25, -0.2) is 0 Å². The van der Waals surface area contributed by atoms with E-state index in [1.54, 1.807) is 48.5 Å². The Morgan fingerprint density at radius 1 is 0.643 bits per heavy atom. The molecule has 150 valence electrons. The predicted molar refractivity (Wildman–Crippen MR) is 111 cm³/mol. The number of carbonyl (C=O) groups excluding carboxylic acids is 2. The summed E-state index contributed by atoms with van der Waals surface area (Å²) in [6.07, 6.45) is 1.94. The van der Waals surface area contributed by atoms with Gasteiger partial charge in [-0.05, 0) is 73.2 Å². The lowest BCUT2D eigenvalue weighted by atomic mass is 10.0. The SMILES string of the molecule is CC(C)CCOc1ccc(C(=O)C(=O)c2ccc(OCCC(C)C)cc2)cc1. The topological polar surface area (TPSA) is 52.6 Å². The normalized spacial score (nSPS) is 10.9. The Bertz CT molecular complexity index is 691. The van der Waals surface area contributed by atoms with E-state index in [-0.39, 0.29) is 0 Å². The molecule has 0 unspecified atom stereocenters. The van der Waals surface area contributed by atoms with Crippen LogP contribution in [0.1, 0.15) is 61.3 Å². The summed E-state index contributed by atoms with van der Waals surface area (Å²) < 4.78 is 11.3. The molecule has 28 heavy (non-hydrogen) atoms. The largest absolute Gasteiger partial charge is 0.494 e. The van der Waals surface area contributed by atoms with Crippen LogP contribution in [0.3, 0.4) is 0 Å². The molecule has 2 aromatic carbocycles. The van der Waals surface area contributed by atoms with Crippen LogP contribution in [-0.2, 0) is 0 Å². The van der Waals surface area contributed by atoms with E-state index in [0.29, 0.717) is 47.7 Å². The minimum absolute atomic E-state index is 0.360. The zero-order valence-electron chi connectivity index (χ0n) is 17.2. The summed E-state index contributed by atoms with van der Waals surface area (Å²) in [5.74, 6) is 1.50. The molecule has 0 saturated carbocycles. The third kappa shape index (κ3) is 6.84. The first kappa shape index (κ1) is 21.7. The summed E-state index contributed by atoms with van der Waals surface area (Å²) in [5, 5.41) is 0. The molecule has 0 amide bonds. The van der Waals surface area contributed by atoms with E-state index in [1.807, 2.05) is 0 Å². The monoisotopic (exact) mass is 382 g/mol. The van der Waals surface area contributed by atoms with E-state index >= 15 is 0 Å². The second kappa shape index (κ2) is 10.6. The van der Waals surface area contributed by atoms with Gasteiger partial charge in [0.05, 0.1) is 13.2 Å². The molecular weight excluding hydrogens is 352 g/mol. The maximum Gasteiger partial charge on any atom is 0.233 e. The molecule has 4 heteroatoms. The average Bonchev–Trinajstić information content (AvgIpc) is 2.67. The number of benzene rings is 2. The van der Waals surface area contributed by atoms with Gasteiger partial charge < -0.3 is 9.47 Å². The Balaban J connectivity index is 1.93. The van der Waals surface area contributed by atoms with Gasteiger partial charge in [0.15, 0.2) is 0 Å². The lowest BCUT2D eigenvalue weighted by Gasteiger charge is -2.09. The predicted octanol–water partition coefficient (Wildman–Crippen LogP) is 5.60. The zero-order chi connectivity index (χ0) is 20.5. The Morgan fingerprint density at radius 3 is 1.25 bits per heavy atom. The minimum atomic E-state index is -0.526. The molecule has 0 aliphatic heterocycles. The summed E-state index contributed by atoms with van der Waals surface area (Å²) in [6.45, 7) is 9.83. The molecule has 4 nitrogen and oxygen atoms in total. The highest BCUT2D eigenvalue weighted by atomic mass is 16.5. The highest BCUT2D eigenvalue weighted by molar-refractivity contribution is 6.49. The lowest BCUT2D eigenvalue weighted by molar-refractivity contribution is 0.0817. The van der Waals surface area contributed by atoms with Crippen LogP contribution in [0.2, 0.25) is 0 Å². The van der Waals surface area contributed by atoms with Crippen LogP contribution in [0.15, 0.2) is 48.5 Å². The summed E-state index contributed by atoms with van der Waals surface area (Å²) in [7, 11) is 0. The number of ketones is 2. The van der Waals surface area contributed by atoms with Crippen molar-refractivity contribution in [2.45, 2.75) is 40.5 Å². The van der Waals surface area contributed by atoms with Crippen molar-refractivity contribution in [2.24, 2.45) is 11.8 Å². The van der Waals surface area contributed by atoms with Gasteiger partial charge in [-0.2, -0.15) is 0 Å². The highest BCUT2D eigenvalue weighted by Crippen LogP contribution is 2.17. The lowest BCUT2D eigenvalue weighted by Crippen LogP contribution is -2.14. The molecule has 0 heterocycles. The molecule has 0 N–H and O–H groups in total. The maximum absolute atomic E-state index is 12.5. The van der Waals surface area contributed by atoms with Crippen molar-refractivity contribution in [1.29, 1.82) is 0 Å². The van der Waals surface area contributed by atoms with Gasteiger partial charge >= 0.3 is 0 Å². The van der Waals surface area contributed by atoms with Crippen LogP contribution in [0.5, 0.6) is 11.5 Å². The van der Waals surface area contributed by atoms with Crippen molar-refractivity contribution < 1.29 is 19.1 Å². The first-order valence-corrected chi connectivity index (χ1v) is 9.91. The van der Waals surface area contributed by atoms with Crippen molar-refractivity contribution in [3.63, 3.8) is 0 Å². The molecule has 0 aliphatic carbocycles. The summed E-state index contributed by atoms with van der Waals surface area (Å²) in [6, 6.07) is 13.4. The Kier molecular flexibility index (Phi) is 8.24. The van der Waals surface area contributed by atoms with Crippen LogP contribution in [-0.4, -0.2) is 24.8 Å². The van der Waals surface area contributed by atoms with Gasteiger partial charge in [-0.1, -0.05) is 27.7 Å². The van der Waals surface area contributed by atoms with Crippen molar-refractivity contribution in [3.05, 3.63) is 59.7 Å². The van der Waals surface area contributed by atoms with Crippen molar-refractivity contribution in [2.75, 3.05) is 13.2 Å². The first-order valence-electron chi connectivity index (χ1n) is 9.91. The van der Waals surface area contributed by atoms with E-state index in [2.05, 4.69) is 27.7 Å². The molecule has 0 fully saturated rings. The number of carbonyl (C=O) groups is 2. The number of Topliss-reactive ketones (excluding diaryl/α,β-unsaturated/α-hetero) is 2. The molecule has 0 radical (unpaired) electrons. The molecule has 0 aromatic heterocycles. The van der Waals surface area contributed by atoms with Crippen molar-refractivity contribution in [3.8, 4) is 11.5 Å². The van der Waals surface area contributed by atoms with Crippen molar-refractivity contribution >= 4 is 11.6 Å². The van der Waals surface area contributed by atoms with Crippen LogP contribution < -0.4 is 9.47 Å². The molecule has 0 saturated heterocycles. The number of ether oxygens (including phenoxy) is 2. The quantitative estimate of drug-likeness (QED) is 0.375. The summed E-state index contributed by atoms with van der Waals surface area (Å²) in [4.78, 5) is 24.9. The summed E-state index contributed by atoms with van der Waals surface area (Å²) >= 11 is 0. The standard InChI is InChI=1S/C24H30O4/c1-17(2)13-15-27-21-9-5-19(6-10-21)23(25)24(26)20-7-11-22(12-8-20)28-16-14-18(3)4/h5-12,17-18H,13-16H2,1-4H3.